The van der Waals surface area contributed by atoms with Gasteiger partial charge in [-0.05, 0) is 51.4 Å². The van der Waals surface area contributed by atoms with Gasteiger partial charge < -0.3 is 13.7 Å². The Bertz CT molecular complexity index is 2120. The molecule has 3 aromatic heterocycles. The molecular weight excluding hydrogens is 527 g/mol. The van der Waals surface area contributed by atoms with Crippen molar-refractivity contribution >= 4 is 66.2 Å². The summed E-state index contributed by atoms with van der Waals surface area (Å²) in [6, 6.07) is 31.1. The van der Waals surface area contributed by atoms with E-state index in [2.05, 4.69) is 88.4 Å². The lowest BCUT2D eigenvalue weighted by Crippen LogP contribution is -2.41. The summed E-state index contributed by atoms with van der Waals surface area (Å²) >= 11 is 1.74. The monoisotopic (exact) mass is 554 g/mol. The zero-order valence-corrected chi connectivity index (χ0v) is 24.1. The van der Waals surface area contributed by atoms with Crippen LogP contribution in [0.1, 0.15) is 27.7 Å². The fourth-order valence-corrected chi connectivity index (χ4v) is 6.81. The first-order valence-electron chi connectivity index (χ1n) is 13.8. The molecule has 8 rings (SSSR count). The molecule has 0 amide bonds. The largest absolute Gasteiger partial charge is 0.494 e. The second-order valence-corrected chi connectivity index (χ2v) is 12.7. The highest BCUT2D eigenvalue weighted by Gasteiger charge is 2.51. The molecule has 200 valence electrons. The predicted octanol–water partition coefficient (Wildman–Crippen LogP) is 8.38. The Labute approximate surface area is 241 Å². The fraction of sp³-hybridized carbons (Fsp3) is 0.176. The molecule has 7 aromatic rings. The molecule has 0 bridgehead atoms. The van der Waals surface area contributed by atoms with Crippen molar-refractivity contribution in [3.63, 3.8) is 0 Å². The molecule has 0 atom stereocenters. The highest BCUT2D eigenvalue weighted by molar-refractivity contribution is 7.26. The molecule has 0 N–H and O–H groups in total. The van der Waals surface area contributed by atoms with Crippen LogP contribution in [0.3, 0.4) is 0 Å². The van der Waals surface area contributed by atoms with Crippen LogP contribution >= 0.6 is 11.3 Å². The van der Waals surface area contributed by atoms with Gasteiger partial charge in [0.15, 0.2) is 5.82 Å². The molecule has 4 aromatic carbocycles. The van der Waals surface area contributed by atoms with Gasteiger partial charge in [0.05, 0.1) is 27.1 Å². The van der Waals surface area contributed by atoms with Gasteiger partial charge in [-0.25, -0.2) is 9.97 Å². The molecule has 7 heteroatoms. The van der Waals surface area contributed by atoms with Crippen molar-refractivity contribution in [1.82, 2.24) is 9.97 Å². The Morgan fingerprint density at radius 2 is 1.46 bits per heavy atom. The summed E-state index contributed by atoms with van der Waals surface area (Å²) in [7, 11) is -0.462. The van der Waals surface area contributed by atoms with Crippen molar-refractivity contribution in [3.8, 4) is 22.6 Å². The van der Waals surface area contributed by atoms with Gasteiger partial charge in [-0.3, -0.25) is 0 Å². The minimum Gasteiger partial charge on any atom is -0.456 e. The average Bonchev–Trinajstić information content (AvgIpc) is 3.61. The molecule has 1 aliphatic heterocycles. The third-order valence-electron chi connectivity index (χ3n) is 8.55. The number of rotatable bonds is 3. The molecule has 1 fully saturated rings. The number of hydrogen-bond acceptors (Lipinski definition) is 6. The highest BCUT2D eigenvalue weighted by Crippen LogP contribution is 2.42. The van der Waals surface area contributed by atoms with Crippen LogP contribution in [0.2, 0.25) is 0 Å². The number of fused-ring (bicyclic) bond motifs is 6. The maximum Gasteiger partial charge on any atom is 0.494 e. The lowest BCUT2D eigenvalue weighted by molar-refractivity contribution is 0.00578. The summed E-state index contributed by atoms with van der Waals surface area (Å²) in [5.41, 5.74) is 5.63. The fourth-order valence-electron chi connectivity index (χ4n) is 5.66. The highest BCUT2D eigenvalue weighted by atomic mass is 32.1. The second-order valence-electron chi connectivity index (χ2n) is 11.7. The Morgan fingerprint density at radius 1 is 0.707 bits per heavy atom. The maximum atomic E-state index is 6.37. The number of thiophene rings is 1. The van der Waals surface area contributed by atoms with Crippen LogP contribution in [0, 0.1) is 0 Å². The van der Waals surface area contributed by atoms with E-state index >= 15 is 0 Å². The molecule has 4 heterocycles. The normalized spacial score (nSPS) is 16.4. The van der Waals surface area contributed by atoms with Crippen molar-refractivity contribution < 1.29 is 13.7 Å². The molecule has 5 nitrogen and oxygen atoms in total. The zero-order chi connectivity index (χ0) is 27.9. The van der Waals surface area contributed by atoms with Gasteiger partial charge in [0.2, 0.25) is 0 Å². The lowest BCUT2D eigenvalue weighted by Gasteiger charge is -2.32. The number of hydrogen-bond donors (Lipinski definition) is 0. The molecule has 0 saturated carbocycles. The Kier molecular flexibility index (Phi) is 5.27. The van der Waals surface area contributed by atoms with E-state index in [0.717, 1.165) is 59.8 Å². The summed E-state index contributed by atoms with van der Waals surface area (Å²) in [6.45, 7) is 8.29. The molecule has 0 spiro atoms. The summed E-state index contributed by atoms with van der Waals surface area (Å²) < 4.78 is 21.4. The number of furan rings is 1. The summed E-state index contributed by atoms with van der Waals surface area (Å²) in [4.78, 5) is 10.4. The summed E-state index contributed by atoms with van der Waals surface area (Å²) in [6.07, 6.45) is 0. The molecule has 1 saturated heterocycles. The average molecular weight is 554 g/mol. The second kappa shape index (κ2) is 8.73. The molecule has 0 unspecified atom stereocenters. The van der Waals surface area contributed by atoms with Gasteiger partial charge in [-0.1, -0.05) is 72.8 Å². The van der Waals surface area contributed by atoms with Gasteiger partial charge >= 0.3 is 7.12 Å². The van der Waals surface area contributed by atoms with Crippen LogP contribution < -0.4 is 5.46 Å². The third kappa shape index (κ3) is 3.77. The first-order valence-corrected chi connectivity index (χ1v) is 14.7. The van der Waals surface area contributed by atoms with Crippen LogP contribution in [-0.4, -0.2) is 28.3 Å². The number of nitrogens with zero attached hydrogens (tertiary/aromatic N) is 2. The first-order chi connectivity index (χ1) is 19.8. The maximum absolute atomic E-state index is 6.37. The van der Waals surface area contributed by atoms with E-state index in [0.29, 0.717) is 5.82 Å². The topological polar surface area (TPSA) is 57.4 Å². The third-order valence-corrected chi connectivity index (χ3v) is 9.72. The van der Waals surface area contributed by atoms with E-state index in [-0.39, 0.29) is 0 Å². The predicted molar refractivity (Wildman–Crippen MR) is 169 cm³/mol. The standard InChI is InChI=1S/C34H27BN2O3S/c1-33(2)34(3,4)40-35(39-33)21-17-18-25-24(19-21)28-23(14-10-15-26(28)38-25)32-36-29(20-11-6-5-7-12-20)31-30(37-32)22-13-8-9-16-27(22)41-31/h5-19H,1-4H3. The van der Waals surface area contributed by atoms with Crippen molar-refractivity contribution in [2.45, 2.75) is 38.9 Å². The van der Waals surface area contributed by atoms with Crippen molar-refractivity contribution in [3.05, 3.63) is 91.0 Å². The smallest absolute Gasteiger partial charge is 0.456 e. The Hall–Kier alpha value is -4.04. The van der Waals surface area contributed by atoms with Crippen LogP contribution in [-0.2, 0) is 9.31 Å². The minimum atomic E-state index is -0.462. The van der Waals surface area contributed by atoms with E-state index < -0.39 is 18.3 Å². The Morgan fingerprint density at radius 3 is 2.27 bits per heavy atom. The Balaban J connectivity index is 1.37. The van der Waals surface area contributed by atoms with Gasteiger partial charge in [-0.2, -0.15) is 0 Å². The molecule has 0 radical (unpaired) electrons. The summed E-state index contributed by atoms with van der Waals surface area (Å²) in [5.74, 6) is 0.675. The van der Waals surface area contributed by atoms with E-state index in [1.807, 2.05) is 30.3 Å². The van der Waals surface area contributed by atoms with Crippen LogP contribution in [0.4, 0.5) is 0 Å². The van der Waals surface area contributed by atoms with Crippen LogP contribution in [0.25, 0.3) is 64.9 Å². The van der Waals surface area contributed by atoms with Crippen LogP contribution in [0.15, 0.2) is 95.4 Å². The van der Waals surface area contributed by atoms with Gasteiger partial charge in [0.25, 0.3) is 0 Å². The van der Waals surface area contributed by atoms with Gasteiger partial charge in [-0.15, -0.1) is 11.3 Å². The molecular formula is C34H27BN2O3S. The lowest BCUT2D eigenvalue weighted by atomic mass is 9.78. The van der Waals surface area contributed by atoms with E-state index in [4.69, 9.17) is 23.7 Å². The molecule has 0 aliphatic carbocycles. The van der Waals surface area contributed by atoms with Crippen LogP contribution in [0.5, 0.6) is 0 Å². The van der Waals surface area contributed by atoms with Gasteiger partial charge in [0.1, 0.15) is 11.2 Å². The van der Waals surface area contributed by atoms with E-state index in [9.17, 15) is 0 Å². The number of benzene rings is 4. The SMILES string of the molecule is CC1(C)OB(c2ccc3oc4cccc(-c5nc(-c6ccccc6)c6sc7ccccc7c6n5)c4c3c2)OC1(C)C. The number of aromatic nitrogens is 2. The molecule has 41 heavy (non-hydrogen) atoms. The van der Waals surface area contributed by atoms with Crippen molar-refractivity contribution in [1.29, 1.82) is 0 Å². The summed E-state index contributed by atoms with van der Waals surface area (Å²) in [5, 5.41) is 3.11. The quantitative estimate of drug-likeness (QED) is 0.205. The molecule has 1 aliphatic rings. The first kappa shape index (κ1) is 24.7. The van der Waals surface area contributed by atoms with Crippen molar-refractivity contribution in [2.24, 2.45) is 0 Å². The van der Waals surface area contributed by atoms with E-state index in [1.165, 1.54) is 4.70 Å². The van der Waals surface area contributed by atoms with Gasteiger partial charge in [0, 0.05) is 32.0 Å². The van der Waals surface area contributed by atoms with E-state index in [1.54, 1.807) is 11.3 Å². The minimum absolute atomic E-state index is 0.420. The zero-order valence-electron chi connectivity index (χ0n) is 23.3. The van der Waals surface area contributed by atoms with Crippen molar-refractivity contribution in [2.75, 3.05) is 0 Å².